The normalized spacial score (nSPS) is 10.9. The van der Waals surface area contributed by atoms with Crippen LogP contribution in [0.3, 0.4) is 0 Å². The smallest absolute Gasteiger partial charge is 0.335 e. The molecule has 0 saturated carbocycles. The Morgan fingerprint density at radius 1 is 1.09 bits per heavy atom. The number of carboxylic acids is 1. The number of anilines is 1. The van der Waals surface area contributed by atoms with Crippen LogP contribution in [0, 0.1) is 0 Å². The summed E-state index contributed by atoms with van der Waals surface area (Å²) in [5.74, 6) is -0.941. The maximum atomic E-state index is 10.8. The fourth-order valence-electron chi connectivity index (χ4n) is 2.08. The van der Waals surface area contributed by atoms with Gasteiger partial charge in [-0.1, -0.05) is 30.3 Å². The highest BCUT2D eigenvalue weighted by Gasteiger charge is 2.01. The van der Waals surface area contributed by atoms with Gasteiger partial charge in [0.15, 0.2) is 0 Å². The van der Waals surface area contributed by atoms with Gasteiger partial charge in [-0.15, -0.1) is 0 Å². The Morgan fingerprint density at radius 2 is 1.86 bits per heavy atom. The van der Waals surface area contributed by atoms with Gasteiger partial charge < -0.3 is 5.11 Å². The summed E-state index contributed by atoms with van der Waals surface area (Å²) in [7, 11) is 0. The van der Waals surface area contributed by atoms with Crippen molar-refractivity contribution in [3.05, 3.63) is 71.9 Å². The number of carboxylic acid groups (broad SMARTS) is 1. The molecule has 2 N–H and O–H groups in total. The molecule has 0 atom stereocenters. The molecule has 1 heterocycles. The minimum Gasteiger partial charge on any atom is -0.478 e. The van der Waals surface area contributed by atoms with Crippen LogP contribution in [0.15, 0.2) is 65.9 Å². The Bertz CT molecular complexity index is 837. The predicted molar refractivity (Wildman–Crippen MR) is 86.4 cm³/mol. The van der Waals surface area contributed by atoms with E-state index in [1.807, 2.05) is 30.3 Å². The highest BCUT2D eigenvalue weighted by atomic mass is 16.4. The number of hydrogen-bond donors (Lipinski definition) is 2. The van der Waals surface area contributed by atoms with Gasteiger partial charge in [0.2, 0.25) is 0 Å². The zero-order valence-electron chi connectivity index (χ0n) is 11.6. The highest BCUT2D eigenvalue weighted by Crippen LogP contribution is 2.20. The topological polar surface area (TPSA) is 74.6 Å². The van der Waals surface area contributed by atoms with Crippen LogP contribution in [-0.2, 0) is 0 Å². The summed E-state index contributed by atoms with van der Waals surface area (Å²) < 4.78 is 0. The van der Waals surface area contributed by atoms with Gasteiger partial charge in [0.25, 0.3) is 0 Å². The van der Waals surface area contributed by atoms with Crippen LogP contribution >= 0.6 is 0 Å². The van der Waals surface area contributed by atoms with Crippen molar-refractivity contribution in [1.82, 2.24) is 4.98 Å². The summed E-state index contributed by atoms with van der Waals surface area (Å²) >= 11 is 0. The molecule has 0 saturated heterocycles. The molecule has 22 heavy (non-hydrogen) atoms. The molecule has 0 bridgehead atoms. The highest BCUT2D eigenvalue weighted by molar-refractivity contribution is 5.91. The molecule has 0 radical (unpaired) electrons. The number of hydrogen-bond acceptors (Lipinski definition) is 4. The second-order valence-corrected chi connectivity index (χ2v) is 4.68. The van der Waals surface area contributed by atoms with E-state index in [1.54, 1.807) is 36.7 Å². The second kappa shape index (κ2) is 6.05. The molecule has 0 aliphatic rings. The molecule has 0 fully saturated rings. The first kappa shape index (κ1) is 13.8. The SMILES string of the molecule is O=C(O)c1ccc(/C=N/Nc2cccc3cccnc23)cc1. The number of aromatic nitrogens is 1. The maximum Gasteiger partial charge on any atom is 0.335 e. The minimum atomic E-state index is -0.941. The summed E-state index contributed by atoms with van der Waals surface area (Å²) in [6, 6.07) is 16.2. The van der Waals surface area contributed by atoms with Gasteiger partial charge in [-0.05, 0) is 29.8 Å². The predicted octanol–water partition coefficient (Wildman–Crippen LogP) is 3.38. The number of para-hydroxylation sites is 1. The second-order valence-electron chi connectivity index (χ2n) is 4.68. The first-order valence-corrected chi connectivity index (χ1v) is 6.70. The lowest BCUT2D eigenvalue weighted by atomic mass is 10.1. The zero-order chi connectivity index (χ0) is 15.4. The van der Waals surface area contributed by atoms with Crippen molar-refractivity contribution < 1.29 is 9.90 Å². The van der Waals surface area contributed by atoms with Crippen molar-refractivity contribution in [2.45, 2.75) is 0 Å². The number of rotatable bonds is 4. The van der Waals surface area contributed by atoms with Crippen LogP contribution in [-0.4, -0.2) is 22.3 Å². The van der Waals surface area contributed by atoms with Gasteiger partial charge in [-0.3, -0.25) is 10.4 Å². The van der Waals surface area contributed by atoms with E-state index in [9.17, 15) is 4.79 Å². The van der Waals surface area contributed by atoms with Gasteiger partial charge in [-0.2, -0.15) is 5.10 Å². The maximum absolute atomic E-state index is 10.8. The van der Waals surface area contributed by atoms with Crippen molar-refractivity contribution in [3.8, 4) is 0 Å². The largest absolute Gasteiger partial charge is 0.478 e. The van der Waals surface area contributed by atoms with Gasteiger partial charge in [0.05, 0.1) is 23.0 Å². The van der Waals surface area contributed by atoms with E-state index in [4.69, 9.17) is 5.11 Å². The van der Waals surface area contributed by atoms with Crippen molar-refractivity contribution in [1.29, 1.82) is 0 Å². The molecule has 0 spiro atoms. The number of pyridine rings is 1. The average Bonchev–Trinajstić information content (AvgIpc) is 2.55. The van der Waals surface area contributed by atoms with E-state index >= 15 is 0 Å². The van der Waals surface area contributed by atoms with Gasteiger partial charge in [-0.25, -0.2) is 4.79 Å². The molecule has 5 heteroatoms. The van der Waals surface area contributed by atoms with Crippen molar-refractivity contribution in [2.75, 3.05) is 5.43 Å². The van der Waals surface area contributed by atoms with Crippen molar-refractivity contribution in [3.63, 3.8) is 0 Å². The Morgan fingerprint density at radius 3 is 2.64 bits per heavy atom. The van der Waals surface area contributed by atoms with Crippen molar-refractivity contribution >= 4 is 28.8 Å². The standard InChI is InChI=1S/C17H13N3O2/c21-17(22)14-8-6-12(7-9-14)11-19-20-15-5-1-3-13-4-2-10-18-16(13)15/h1-11,20H,(H,21,22)/b19-11+. The van der Waals surface area contributed by atoms with Crippen LogP contribution in [0.4, 0.5) is 5.69 Å². The zero-order valence-corrected chi connectivity index (χ0v) is 11.6. The third-order valence-corrected chi connectivity index (χ3v) is 3.19. The molecular weight excluding hydrogens is 278 g/mol. The Balaban J connectivity index is 1.77. The Kier molecular flexibility index (Phi) is 3.78. The fraction of sp³-hybridized carbons (Fsp3) is 0. The summed E-state index contributed by atoms with van der Waals surface area (Å²) in [6.45, 7) is 0. The molecule has 0 aliphatic carbocycles. The average molecular weight is 291 g/mol. The number of nitrogens with one attached hydrogen (secondary N) is 1. The van der Waals surface area contributed by atoms with E-state index in [-0.39, 0.29) is 5.56 Å². The summed E-state index contributed by atoms with van der Waals surface area (Å²) in [5.41, 5.74) is 5.69. The monoisotopic (exact) mass is 291 g/mol. The molecule has 2 aromatic carbocycles. The number of carbonyl (C=O) groups is 1. The molecule has 5 nitrogen and oxygen atoms in total. The van der Waals surface area contributed by atoms with Crippen LogP contribution < -0.4 is 5.43 Å². The summed E-state index contributed by atoms with van der Waals surface area (Å²) in [4.78, 5) is 15.1. The minimum absolute atomic E-state index is 0.253. The molecule has 0 aliphatic heterocycles. The summed E-state index contributed by atoms with van der Waals surface area (Å²) in [6.07, 6.45) is 3.37. The fourth-order valence-corrected chi connectivity index (χ4v) is 2.08. The molecule has 3 rings (SSSR count). The van der Waals surface area contributed by atoms with E-state index < -0.39 is 5.97 Å². The molecule has 108 valence electrons. The third-order valence-electron chi connectivity index (χ3n) is 3.19. The molecular formula is C17H13N3O2. The number of benzene rings is 2. The Labute approximate surface area is 126 Å². The van der Waals surface area contributed by atoms with Gasteiger partial charge in [0, 0.05) is 11.6 Å². The third kappa shape index (κ3) is 2.93. The van der Waals surface area contributed by atoms with E-state index in [1.165, 1.54) is 0 Å². The number of aromatic carboxylic acids is 1. The Hall–Kier alpha value is -3.21. The van der Waals surface area contributed by atoms with Crippen LogP contribution in [0.2, 0.25) is 0 Å². The van der Waals surface area contributed by atoms with Gasteiger partial charge >= 0.3 is 5.97 Å². The van der Waals surface area contributed by atoms with E-state index in [0.29, 0.717) is 0 Å². The first-order valence-electron chi connectivity index (χ1n) is 6.70. The number of hydrazone groups is 1. The first-order chi connectivity index (χ1) is 10.7. The van der Waals surface area contributed by atoms with Crippen LogP contribution in [0.25, 0.3) is 10.9 Å². The molecule has 1 aromatic heterocycles. The van der Waals surface area contributed by atoms with E-state index in [2.05, 4.69) is 15.5 Å². The van der Waals surface area contributed by atoms with Crippen LogP contribution in [0.5, 0.6) is 0 Å². The number of fused-ring (bicyclic) bond motifs is 1. The lowest BCUT2D eigenvalue weighted by Crippen LogP contribution is -1.96. The lowest BCUT2D eigenvalue weighted by molar-refractivity contribution is 0.0697. The van der Waals surface area contributed by atoms with Crippen LogP contribution in [0.1, 0.15) is 15.9 Å². The number of nitrogens with zero attached hydrogens (tertiary/aromatic N) is 2. The van der Waals surface area contributed by atoms with E-state index in [0.717, 1.165) is 22.2 Å². The molecule has 0 amide bonds. The molecule has 0 unspecified atom stereocenters. The van der Waals surface area contributed by atoms with Gasteiger partial charge in [0.1, 0.15) is 0 Å². The summed E-state index contributed by atoms with van der Waals surface area (Å²) in [5, 5.41) is 14.1. The lowest BCUT2D eigenvalue weighted by Gasteiger charge is -2.04. The molecule has 3 aromatic rings. The quantitative estimate of drug-likeness (QED) is 0.571. The van der Waals surface area contributed by atoms with Crippen molar-refractivity contribution in [2.24, 2.45) is 5.10 Å².